The lowest BCUT2D eigenvalue weighted by atomic mass is 10.3. The van der Waals surface area contributed by atoms with Gasteiger partial charge in [0.25, 0.3) is 0 Å². The van der Waals surface area contributed by atoms with E-state index in [-0.39, 0.29) is 11.6 Å². The second kappa shape index (κ2) is 4.92. The third kappa shape index (κ3) is 2.62. The van der Waals surface area contributed by atoms with Gasteiger partial charge in [0, 0.05) is 19.4 Å². The number of rotatable bonds is 4. The summed E-state index contributed by atoms with van der Waals surface area (Å²) in [6, 6.07) is 0.609. The molecule has 0 aliphatic heterocycles. The number of hydrogen-bond donors (Lipinski definition) is 2. The fourth-order valence-corrected chi connectivity index (χ4v) is 1.64. The number of carboxylic acid groups (broad SMARTS) is 1. The highest BCUT2D eigenvalue weighted by molar-refractivity contribution is 5.94. The average molecular weight is 263 g/mol. The van der Waals surface area contributed by atoms with Gasteiger partial charge in [-0.1, -0.05) is 0 Å². The average Bonchev–Trinajstić information content (AvgIpc) is 2.97. The summed E-state index contributed by atoms with van der Waals surface area (Å²) in [6.45, 7) is 1.57. The summed E-state index contributed by atoms with van der Waals surface area (Å²) in [6.07, 6.45) is 4.49. The minimum absolute atomic E-state index is 0.0335. The van der Waals surface area contributed by atoms with Crippen LogP contribution < -0.4 is 5.32 Å². The van der Waals surface area contributed by atoms with Crippen LogP contribution in [0.5, 0.6) is 0 Å². The van der Waals surface area contributed by atoms with Crippen LogP contribution in [-0.4, -0.2) is 36.5 Å². The fraction of sp³-hybridized carbons (Fsp3) is 0.273. The molecule has 2 heterocycles. The molecule has 0 bridgehead atoms. The second-order valence-electron chi connectivity index (χ2n) is 4.03. The van der Waals surface area contributed by atoms with Gasteiger partial charge in [-0.3, -0.25) is 9.48 Å². The van der Waals surface area contributed by atoms with Gasteiger partial charge in [-0.2, -0.15) is 10.2 Å². The van der Waals surface area contributed by atoms with Crippen LogP contribution in [0.25, 0.3) is 0 Å². The molecule has 0 fully saturated rings. The summed E-state index contributed by atoms with van der Waals surface area (Å²) in [5, 5.41) is 19.4. The molecule has 0 aliphatic carbocycles. The molecule has 1 unspecified atom stereocenters. The molecular formula is C11H13N5O3. The molecule has 100 valence electrons. The van der Waals surface area contributed by atoms with Crippen molar-refractivity contribution in [3.63, 3.8) is 0 Å². The summed E-state index contributed by atoms with van der Waals surface area (Å²) in [4.78, 5) is 23.0. The van der Waals surface area contributed by atoms with Crippen LogP contribution in [0.2, 0.25) is 0 Å². The highest BCUT2D eigenvalue weighted by Gasteiger charge is 2.21. The molecule has 1 amide bonds. The topological polar surface area (TPSA) is 102 Å². The van der Waals surface area contributed by atoms with Gasteiger partial charge in [-0.05, 0) is 13.0 Å². The maximum absolute atomic E-state index is 12.0. The Kier molecular flexibility index (Phi) is 3.32. The number of carbonyl (C=O) groups excluding carboxylic acids is 1. The first-order valence-corrected chi connectivity index (χ1v) is 5.55. The predicted octanol–water partition coefficient (Wildman–Crippen LogP) is 0.514. The first kappa shape index (κ1) is 12.8. The lowest BCUT2D eigenvalue weighted by Gasteiger charge is -2.13. The smallest absolute Gasteiger partial charge is 0.354 e. The molecule has 2 N–H and O–H groups in total. The van der Waals surface area contributed by atoms with Crippen LogP contribution in [0.15, 0.2) is 24.7 Å². The molecule has 0 radical (unpaired) electrons. The molecule has 8 heteroatoms. The quantitative estimate of drug-likeness (QED) is 0.837. The van der Waals surface area contributed by atoms with Crippen LogP contribution in [0.4, 0.5) is 5.69 Å². The van der Waals surface area contributed by atoms with Crippen LogP contribution in [0.3, 0.4) is 0 Å². The van der Waals surface area contributed by atoms with E-state index in [0.717, 1.165) is 4.68 Å². The number of aromatic carboxylic acids is 1. The lowest BCUT2D eigenvalue weighted by Crippen LogP contribution is -2.26. The first-order chi connectivity index (χ1) is 8.99. The molecule has 1 atom stereocenters. The highest BCUT2D eigenvalue weighted by atomic mass is 16.4. The number of nitrogens with one attached hydrogen (secondary N) is 1. The van der Waals surface area contributed by atoms with Gasteiger partial charge in [0.1, 0.15) is 11.7 Å². The second-order valence-corrected chi connectivity index (χ2v) is 4.03. The van der Waals surface area contributed by atoms with Gasteiger partial charge >= 0.3 is 5.97 Å². The fourth-order valence-electron chi connectivity index (χ4n) is 1.64. The van der Waals surface area contributed by atoms with Crippen LogP contribution in [-0.2, 0) is 11.8 Å². The zero-order valence-electron chi connectivity index (χ0n) is 10.4. The normalized spacial score (nSPS) is 12.1. The van der Waals surface area contributed by atoms with Crippen molar-refractivity contribution < 1.29 is 14.7 Å². The Morgan fingerprint density at radius 1 is 1.42 bits per heavy atom. The van der Waals surface area contributed by atoms with Crippen molar-refractivity contribution in [2.45, 2.75) is 13.0 Å². The van der Waals surface area contributed by atoms with Gasteiger partial charge in [-0.25, -0.2) is 9.48 Å². The summed E-state index contributed by atoms with van der Waals surface area (Å²) >= 11 is 0. The number of anilines is 1. The van der Waals surface area contributed by atoms with E-state index in [0.29, 0.717) is 5.69 Å². The molecule has 0 saturated heterocycles. The van der Waals surface area contributed by atoms with Crippen LogP contribution in [0.1, 0.15) is 23.5 Å². The monoisotopic (exact) mass is 263 g/mol. The highest BCUT2D eigenvalue weighted by Crippen LogP contribution is 2.12. The Morgan fingerprint density at radius 2 is 2.16 bits per heavy atom. The lowest BCUT2D eigenvalue weighted by molar-refractivity contribution is -0.119. The minimum atomic E-state index is -1.13. The van der Waals surface area contributed by atoms with E-state index in [1.54, 1.807) is 24.9 Å². The molecule has 8 nitrogen and oxygen atoms in total. The third-order valence-corrected chi connectivity index (χ3v) is 2.61. The van der Waals surface area contributed by atoms with E-state index in [9.17, 15) is 9.59 Å². The van der Waals surface area contributed by atoms with Crippen molar-refractivity contribution in [3.8, 4) is 0 Å². The van der Waals surface area contributed by atoms with Crippen LogP contribution in [0, 0.1) is 0 Å². The summed E-state index contributed by atoms with van der Waals surface area (Å²) < 4.78 is 2.71. The molecule has 0 aromatic carbocycles. The summed E-state index contributed by atoms with van der Waals surface area (Å²) in [5.41, 5.74) is 0.511. The standard InChI is InChI=1S/C11H13N5O3/c1-7(16-9(11(18)19)3-4-12-16)10(17)14-8-5-13-15(2)6-8/h3-7H,1-2H3,(H,14,17)(H,18,19). The first-order valence-electron chi connectivity index (χ1n) is 5.55. The number of aryl methyl sites for hydroxylation is 1. The van der Waals surface area contributed by atoms with E-state index in [1.807, 2.05) is 0 Å². The van der Waals surface area contributed by atoms with Crippen molar-refractivity contribution in [3.05, 3.63) is 30.4 Å². The van der Waals surface area contributed by atoms with Crippen molar-refractivity contribution >= 4 is 17.6 Å². The SMILES string of the molecule is CC(C(=O)Nc1cnn(C)c1)n1nccc1C(=O)O. The van der Waals surface area contributed by atoms with E-state index in [4.69, 9.17) is 5.11 Å². The third-order valence-electron chi connectivity index (χ3n) is 2.61. The zero-order valence-corrected chi connectivity index (χ0v) is 10.4. The Balaban J connectivity index is 2.14. The number of nitrogens with zero attached hydrogens (tertiary/aromatic N) is 4. The van der Waals surface area contributed by atoms with Crippen molar-refractivity contribution in [1.29, 1.82) is 0 Å². The number of aromatic nitrogens is 4. The maximum Gasteiger partial charge on any atom is 0.354 e. The summed E-state index contributed by atoms with van der Waals surface area (Å²) in [7, 11) is 1.73. The maximum atomic E-state index is 12.0. The van der Waals surface area contributed by atoms with Crippen molar-refractivity contribution in [2.24, 2.45) is 7.05 Å². The van der Waals surface area contributed by atoms with E-state index in [1.165, 1.54) is 18.5 Å². The number of carboxylic acids is 1. The minimum Gasteiger partial charge on any atom is -0.477 e. The largest absolute Gasteiger partial charge is 0.477 e. The Hall–Kier alpha value is -2.64. The van der Waals surface area contributed by atoms with Gasteiger partial charge in [0.15, 0.2) is 0 Å². The Bertz CT molecular complexity index is 615. The Labute approximate surface area is 108 Å². The molecule has 2 aromatic heterocycles. The van der Waals surface area contributed by atoms with Gasteiger partial charge in [0.05, 0.1) is 11.9 Å². The molecule has 0 saturated carbocycles. The zero-order chi connectivity index (χ0) is 14.0. The van der Waals surface area contributed by atoms with Crippen molar-refractivity contribution in [1.82, 2.24) is 19.6 Å². The summed E-state index contributed by atoms with van der Waals surface area (Å²) in [5.74, 6) is -1.49. The van der Waals surface area contributed by atoms with Gasteiger partial charge in [-0.15, -0.1) is 0 Å². The van der Waals surface area contributed by atoms with E-state index >= 15 is 0 Å². The molecule has 2 aromatic rings. The van der Waals surface area contributed by atoms with E-state index in [2.05, 4.69) is 15.5 Å². The number of carbonyl (C=O) groups is 2. The Morgan fingerprint density at radius 3 is 2.74 bits per heavy atom. The molecule has 19 heavy (non-hydrogen) atoms. The molecule has 0 spiro atoms. The van der Waals surface area contributed by atoms with E-state index < -0.39 is 12.0 Å². The van der Waals surface area contributed by atoms with Gasteiger partial charge in [0.2, 0.25) is 5.91 Å². The number of hydrogen-bond acceptors (Lipinski definition) is 4. The molecule has 2 rings (SSSR count). The van der Waals surface area contributed by atoms with Crippen LogP contribution >= 0.6 is 0 Å². The van der Waals surface area contributed by atoms with Crippen molar-refractivity contribution in [2.75, 3.05) is 5.32 Å². The molecular weight excluding hydrogens is 250 g/mol. The molecule has 0 aliphatic rings. The number of amides is 1. The predicted molar refractivity (Wildman–Crippen MR) is 65.7 cm³/mol. The van der Waals surface area contributed by atoms with Gasteiger partial charge < -0.3 is 10.4 Å².